The van der Waals surface area contributed by atoms with Crippen LogP contribution in [0.3, 0.4) is 0 Å². The Morgan fingerprint density at radius 3 is 2.73 bits per heavy atom. The molecule has 1 heterocycles. The quantitative estimate of drug-likeness (QED) is 0.603. The fourth-order valence-corrected chi connectivity index (χ4v) is 2.38. The molecule has 3 nitrogen and oxygen atoms in total. The molecule has 0 bridgehead atoms. The third-order valence-electron chi connectivity index (χ3n) is 3.99. The average Bonchev–Trinajstić information content (AvgIpc) is 2.53. The zero-order chi connectivity index (χ0) is 16.2. The molecular weight excluding hydrogens is 276 g/mol. The summed E-state index contributed by atoms with van der Waals surface area (Å²) in [5.41, 5.74) is 2.69. The van der Waals surface area contributed by atoms with Crippen molar-refractivity contribution < 1.29 is 14.6 Å². The van der Waals surface area contributed by atoms with Crippen LogP contribution >= 0.6 is 0 Å². The zero-order valence-electron chi connectivity index (χ0n) is 14.2. The van der Waals surface area contributed by atoms with Crippen LogP contribution in [0.1, 0.15) is 58.8 Å². The molecule has 1 aliphatic heterocycles. The van der Waals surface area contributed by atoms with E-state index >= 15 is 0 Å². The van der Waals surface area contributed by atoms with Crippen LogP contribution in [0.15, 0.2) is 36.0 Å². The first-order valence-electron chi connectivity index (χ1n) is 8.47. The Hall–Kier alpha value is -0.900. The molecule has 22 heavy (non-hydrogen) atoms. The molecule has 1 fully saturated rings. The molecule has 0 aromatic carbocycles. The van der Waals surface area contributed by atoms with E-state index in [2.05, 4.69) is 32.6 Å². The predicted molar refractivity (Wildman–Crippen MR) is 91.7 cm³/mol. The summed E-state index contributed by atoms with van der Waals surface area (Å²) in [6, 6.07) is 0. The highest BCUT2D eigenvalue weighted by Crippen LogP contribution is 2.15. The van der Waals surface area contributed by atoms with Crippen LogP contribution in [0.25, 0.3) is 0 Å². The lowest BCUT2D eigenvalue weighted by Gasteiger charge is -2.22. The molecule has 126 valence electrons. The molecule has 0 amide bonds. The highest BCUT2D eigenvalue weighted by Gasteiger charge is 2.12. The Kier molecular flexibility index (Phi) is 10.1. The van der Waals surface area contributed by atoms with E-state index in [-0.39, 0.29) is 12.4 Å². The van der Waals surface area contributed by atoms with Gasteiger partial charge in [0.2, 0.25) is 0 Å². The van der Waals surface area contributed by atoms with Crippen LogP contribution in [-0.2, 0) is 9.47 Å². The maximum atomic E-state index is 9.45. The molecule has 1 rings (SSSR count). The van der Waals surface area contributed by atoms with Gasteiger partial charge in [-0.1, -0.05) is 29.4 Å². The van der Waals surface area contributed by atoms with Gasteiger partial charge in [-0.3, -0.25) is 0 Å². The van der Waals surface area contributed by atoms with Gasteiger partial charge in [0.15, 0.2) is 6.29 Å². The van der Waals surface area contributed by atoms with E-state index in [9.17, 15) is 5.11 Å². The van der Waals surface area contributed by atoms with Crippen LogP contribution in [0, 0.1) is 0 Å². The summed E-state index contributed by atoms with van der Waals surface area (Å²) in [5.74, 6) is 0. The molecule has 1 aliphatic rings. The monoisotopic (exact) mass is 308 g/mol. The van der Waals surface area contributed by atoms with E-state index in [1.54, 1.807) is 6.08 Å². The first-order valence-corrected chi connectivity index (χ1v) is 8.47. The first-order chi connectivity index (χ1) is 10.6. The molecule has 0 radical (unpaired) electrons. The van der Waals surface area contributed by atoms with Gasteiger partial charge in [-0.2, -0.15) is 0 Å². The Balaban J connectivity index is 2.13. The maximum Gasteiger partial charge on any atom is 0.157 e. The van der Waals surface area contributed by atoms with Gasteiger partial charge in [-0.15, -0.1) is 6.58 Å². The highest BCUT2D eigenvalue weighted by atomic mass is 16.7. The van der Waals surface area contributed by atoms with Crippen LogP contribution in [0.2, 0.25) is 0 Å². The van der Waals surface area contributed by atoms with Crippen molar-refractivity contribution in [3.05, 3.63) is 36.0 Å². The smallest absolute Gasteiger partial charge is 0.157 e. The first kappa shape index (κ1) is 19.1. The Labute approximate surface area is 135 Å². The Bertz CT molecular complexity index is 365. The number of hydrogen-bond donors (Lipinski definition) is 1. The number of allylic oxidation sites excluding steroid dienone is 3. The van der Waals surface area contributed by atoms with Crippen molar-refractivity contribution in [3.8, 4) is 0 Å². The number of rotatable bonds is 10. The number of aliphatic hydroxyl groups excluding tert-OH is 1. The van der Waals surface area contributed by atoms with Gasteiger partial charge in [0.1, 0.15) is 0 Å². The molecule has 0 aliphatic carbocycles. The normalized spacial score (nSPS) is 21.7. The summed E-state index contributed by atoms with van der Waals surface area (Å²) >= 11 is 0. The van der Waals surface area contributed by atoms with E-state index in [1.165, 1.54) is 17.6 Å². The van der Waals surface area contributed by atoms with Crippen LogP contribution in [-0.4, -0.2) is 30.7 Å². The summed E-state index contributed by atoms with van der Waals surface area (Å²) in [5, 5.41) is 9.45. The minimum atomic E-state index is -0.385. The summed E-state index contributed by atoms with van der Waals surface area (Å²) in [6.45, 7) is 9.34. The van der Waals surface area contributed by atoms with Gasteiger partial charge < -0.3 is 14.6 Å². The molecule has 2 atom stereocenters. The predicted octanol–water partition coefficient (Wildman–Crippen LogP) is 4.53. The Morgan fingerprint density at radius 1 is 1.27 bits per heavy atom. The van der Waals surface area contributed by atoms with Gasteiger partial charge in [0.25, 0.3) is 0 Å². The zero-order valence-corrected chi connectivity index (χ0v) is 14.2. The minimum Gasteiger partial charge on any atom is -0.389 e. The molecule has 0 aromatic heterocycles. The van der Waals surface area contributed by atoms with E-state index < -0.39 is 0 Å². The summed E-state index contributed by atoms with van der Waals surface area (Å²) < 4.78 is 11.2. The van der Waals surface area contributed by atoms with E-state index in [4.69, 9.17) is 9.47 Å². The summed E-state index contributed by atoms with van der Waals surface area (Å²) in [4.78, 5) is 0. The highest BCUT2D eigenvalue weighted by molar-refractivity contribution is 5.04. The molecule has 0 spiro atoms. The largest absolute Gasteiger partial charge is 0.389 e. The maximum absolute atomic E-state index is 9.45. The fourth-order valence-electron chi connectivity index (χ4n) is 2.38. The minimum absolute atomic E-state index is 0.00349. The van der Waals surface area contributed by atoms with Crippen LogP contribution in [0.5, 0.6) is 0 Å². The molecular formula is C19H32O3. The Morgan fingerprint density at radius 2 is 2.05 bits per heavy atom. The molecule has 2 unspecified atom stereocenters. The van der Waals surface area contributed by atoms with Crippen molar-refractivity contribution in [1.29, 1.82) is 0 Å². The van der Waals surface area contributed by atoms with Gasteiger partial charge in [0.05, 0.1) is 12.7 Å². The second kappa shape index (κ2) is 11.6. The van der Waals surface area contributed by atoms with Crippen molar-refractivity contribution in [1.82, 2.24) is 0 Å². The standard InChI is InChI=1S/C19H32O3/c1-4-18(20)12-11-16(2)8-7-9-17(3)13-15-22-19-10-5-6-14-21-19/h4,8,13,18-20H,1,5-7,9-12,14-15H2,2-3H3/b16-8+,17-13+. The number of ether oxygens (including phenoxy) is 2. The average molecular weight is 308 g/mol. The molecule has 3 heteroatoms. The fraction of sp³-hybridized carbons (Fsp3) is 0.684. The van der Waals surface area contributed by atoms with Crippen molar-refractivity contribution in [2.45, 2.75) is 71.2 Å². The van der Waals surface area contributed by atoms with Gasteiger partial charge in [-0.25, -0.2) is 0 Å². The molecule has 1 saturated heterocycles. The third kappa shape index (κ3) is 9.19. The lowest BCUT2D eigenvalue weighted by molar-refractivity contribution is -0.155. The van der Waals surface area contributed by atoms with Gasteiger partial charge in [-0.05, 0) is 58.8 Å². The van der Waals surface area contributed by atoms with E-state index in [0.29, 0.717) is 6.61 Å². The second-order valence-corrected chi connectivity index (χ2v) is 6.11. The SMILES string of the molecule is C=CC(O)CC/C(C)=C/CC/C(C)=C/COC1CCCCO1. The topological polar surface area (TPSA) is 38.7 Å². The second-order valence-electron chi connectivity index (χ2n) is 6.11. The van der Waals surface area contributed by atoms with Crippen LogP contribution in [0.4, 0.5) is 0 Å². The van der Waals surface area contributed by atoms with E-state index in [1.807, 2.05) is 0 Å². The lowest BCUT2D eigenvalue weighted by Crippen LogP contribution is -2.22. The van der Waals surface area contributed by atoms with Crippen molar-refractivity contribution in [2.24, 2.45) is 0 Å². The van der Waals surface area contributed by atoms with Crippen molar-refractivity contribution >= 4 is 0 Å². The van der Waals surface area contributed by atoms with Crippen LogP contribution < -0.4 is 0 Å². The number of aliphatic hydroxyl groups is 1. The summed E-state index contributed by atoms with van der Waals surface area (Å²) in [7, 11) is 0. The molecule has 0 aromatic rings. The molecule has 1 N–H and O–H groups in total. The number of hydrogen-bond acceptors (Lipinski definition) is 3. The van der Waals surface area contributed by atoms with Crippen molar-refractivity contribution in [3.63, 3.8) is 0 Å². The van der Waals surface area contributed by atoms with Crippen molar-refractivity contribution in [2.75, 3.05) is 13.2 Å². The van der Waals surface area contributed by atoms with Gasteiger partial charge in [0, 0.05) is 6.61 Å². The lowest BCUT2D eigenvalue weighted by atomic mass is 10.1. The molecule has 0 saturated carbocycles. The third-order valence-corrected chi connectivity index (χ3v) is 3.99. The van der Waals surface area contributed by atoms with Gasteiger partial charge >= 0.3 is 0 Å². The van der Waals surface area contributed by atoms with E-state index in [0.717, 1.165) is 45.1 Å². The summed E-state index contributed by atoms with van der Waals surface area (Å²) in [6.07, 6.45) is 12.8.